The number of aromatic nitrogens is 3. The van der Waals surface area contributed by atoms with Crippen LogP contribution in [0.25, 0.3) is 0 Å². The smallest absolute Gasteiger partial charge is 0.248 e. The van der Waals surface area contributed by atoms with Gasteiger partial charge in [0.25, 0.3) is 0 Å². The molecule has 4 rings (SSSR count). The molecule has 3 N–H and O–H groups in total. The van der Waals surface area contributed by atoms with Crippen molar-refractivity contribution in [1.82, 2.24) is 14.8 Å². The summed E-state index contributed by atoms with van der Waals surface area (Å²) in [6.07, 6.45) is 1.44. The quantitative estimate of drug-likeness (QED) is 0.728. The summed E-state index contributed by atoms with van der Waals surface area (Å²) in [4.78, 5) is 16.4. The lowest BCUT2D eigenvalue weighted by atomic mass is 9.94. The van der Waals surface area contributed by atoms with Gasteiger partial charge >= 0.3 is 0 Å². The third kappa shape index (κ3) is 3.15. The molecule has 0 spiro atoms. The molecule has 1 aromatic heterocycles. The monoisotopic (exact) mass is 361 g/mol. The molecule has 2 heterocycles. The van der Waals surface area contributed by atoms with Gasteiger partial charge in [-0.15, -0.1) is 0 Å². The summed E-state index contributed by atoms with van der Waals surface area (Å²) in [7, 11) is 0. The molecule has 1 aliphatic rings. The molecular weight excluding hydrogens is 342 g/mol. The molecule has 0 fully saturated rings. The zero-order valence-electron chi connectivity index (χ0n) is 14.8. The number of anilines is 1. The van der Waals surface area contributed by atoms with Crippen LogP contribution in [0.1, 0.15) is 24.1 Å². The number of para-hydroxylation sites is 1. The molecule has 1 aliphatic heterocycles. The van der Waals surface area contributed by atoms with Crippen LogP contribution in [0.2, 0.25) is 0 Å². The number of carbonyl (C=O) groups is 1. The number of fused-ring (bicyclic) bond motifs is 1. The Kier molecular flexibility index (Phi) is 4.33. The highest BCUT2D eigenvalue weighted by Crippen LogP contribution is 2.38. The van der Waals surface area contributed by atoms with E-state index in [1.165, 1.54) is 6.33 Å². The zero-order valence-corrected chi connectivity index (χ0v) is 14.8. The lowest BCUT2D eigenvalue weighted by molar-refractivity contribution is -0.115. The van der Waals surface area contributed by atoms with Gasteiger partial charge in [-0.3, -0.25) is 4.79 Å². The van der Waals surface area contributed by atoms with Crippen molar-refractivity contribution in [2.45, 2.75) is 19.6 Å². The van der Waals surface area contributed by atoms with Crippen molar-refractivity contribution in [3.63, 3.8) is 0 Å². The highest BCUT2D eigenvalue weighted by Gasteiger charge is 2.33. The lowest BCUT2D eigenvalue weighted by Gasteiger charge is -2.28. The first kappa shape index (κ1) is 16.8. The average molecular weight is 361 g/mol. The molecule has 1 atom stereocenters. The second-order valence-corrected chi connectivity index (χ2v) is 6.27. The first-order chi connectivity index (χ1) is 13.1. The molecule has 0 aliphatic carbocycles. The minimum absolute atomic E-state index is 0.418. The Balaban J connectivity index is 1.75. The van der Waals surface area contributed by atoms with Crippen LogP contribution < -0.4 is 15.8 Å². The minimum atomic E-state index is -0.510. The summed E-state index contributed by atoms with van der Waals surface area (Å²) in [5, 5.41) is 7.36. The van der Waals surface area contributed by atoms with Crippen molar-refractivity contribution in [3.05, 3.63) is 83.3 Å². The van der Waals surface area contributed by atoms with E-state index >= 15 is 0 Å². The van der Waals surface area contributed by atoms with Crippen molar-refractivity contribution in [2.24, 2.45) is 5.73 Å². The molecule has 1 amide bonds. The topological polar surface area (TPSA) is 95.1 Å². The van der Waals surface area contributed by atoms with Gasteiger partial charge in [0.05, 0.1) is 5.57 Å². The van der Waals surface area contributed by atoms with Gasteiger partial charge in [-0.1, -0.05) is 48.5 Å². The molecule has 0 bridgehead atoms. The van der Waals surface area contributed by atoms with E-state index in [9.17, 15) is 4.79 Å². The third-order valence-corrected chi connectivity index (χ3v) is 4.51. The summed E-state index contributed by atoms with van der Waals surface area (Å²) >= 11 is 0. The second-order valence-electron chi connectivity index (χ2n) is 6.27. The third-order valence-electron chi connectivity index (χ3n) is 4.51. The molecule has 0 radical (unpaired) electrons. The van der Waals surface area contributed by atoms with E-state index in [1.807, 2.05) is 54.6 Å². The Bertz CT molecular complexity index is 1010. The van der Waals surface area contributed by atoms with Gasteiger partial charge in [0.15, 0.2) is 0 Å². The number of carbonyl (C=O) groups excluding carboxylic acids is 1. The molecule has 136 valence electrons. The molecular formula is C20H19N5O2. The van der Waals surface area contributed by atoms with E-state index in [0.29, 0.717) is 29.6 Å². The van der Waals surface area contributed by atoms with E-state index in [-0.39, 0.29) is 0 Å². The largest absolute Gasteiger partial charge is 0.489 e. The van der Waals surface area contributed by atoms with Gasteiger partial charge in [0.1, 0.15) is 24.7 Å². The standard InChI is InChI=1S/C20H19N5O2/c1-13-17(19(21)26)18(25-20(24-13)22-12-23-25)15-9-5-6-10-16(15)27-11-14-7-3-2-4-8-14/h2-10,12,18H,11H2,1H3,(H2,21,26)(H,22,23,24)/t18-/m1/s1. The highest BCUT2D eigenvalue weighted by molar-refractivity contribution is 5.95. The summed E-state index contributed by atoms with van der Waals surface area (Å²) in [5.74, 6) is 0.714. The van der Waals surface area contributed by atoms with Crippen LogP contribution in [0.5, 0.6) is 5.75 Å². The molecule has 7 nitrogen and oxygen atoms in total. The van der Waals surface area contributed by atoms with Crippen molar-refractivity contribution in [2.75, 3.05) is 5.32 Å². The van der Waals surface area contributed by atoms with Gasteiger partial charge in [0.2, 0.25) is 11.9 Å². The predicted octanol–water partition coefficient (Wildman–Crippen LogP) is 2.63. The Hall–Kier alpha value is -3.61. The Morgan fingerprint density at radius 3 is 2.70 bits per heavy atom. The predicted molar refractivity (Wildman–Crippen MR) is 101 cm³/mol. The van der Waals surface area contributed by atoms with Crippen LogP contribution in [0.3, 0.4) is 0 Å². The summed E-state index contributed by atoms with van der Waals surface area (Å²) < 4.78 is 7.73. The van der Waals surface area contributed by atoms with Gasteiger partial charge in [-0.05, 0) is 18.6 Å². The molecule has 0 saturated heterocycles. The van der Waals surface area contributed by atoms with E-state index < -0.39 is 11.9 Å². The maximum absolute atomic E-state index is 12.2. The molecule has 7 heteroatoms. The van der Waals surface area contributed by atoms with Crippen molar-refractivity contribution in [3.8, 4) is 5.75 Å². The van der Waals surface area contributed by atoms with Crippen LogP contribution >= 0.6 is 0 Å². The van der Waals surface area contributed by atoms with Crippen molar-refractivity contribution >= 4 is 11.9 Å². The van der Waals surface area contributed by atoms with Crippen LogP contribution in [0.4, 0.5) is 5.95 Å². The number of rotatable bonds is 5. The first-order valence-corrected chi connectivity index (χ1v) is 8.58. The number of benzene rings is 2. The molecule has 0 unspecified atom stereocenters. The summed E-state index contributed by atoms with van der Waals surface area (Å²) in [6.45, 7) is 2.22. The summed E-state index contributed by atoms with van der Waals surface area (Å²) in [5.41, 5.74) is 8.64. The SMILES string of the molecule is CC1=C(C(N)=O)[C@@H](c2ccccc2OCc2ccccc2)n2ncnc2N1. The van der Waals surface area contributed by atoms with Crippen LogP contribution in [0.15, 0.2) is 72.2 Å². The highest BCUT2D eigenvalue weighted by atomic mass is 16.5. The van der Waals surface area contributed by atoms with Crippen molar-refractivity contribution in [1.29, 1.82) is 0 Å². The van der Waals surface area contributed by atoms with E-state index in [4.69, 9.17) is 10.5 Å². The van der Waals surface area contributed by atoms with Gasteiger partial charge in [-0.2, -0.15) is 10.1 Å². The number of amides is 1. The number of nitrogens with one attached hydrogen (secondary N) is 1. The van der Waals surface area contributed by atoms with Crippen LogP contribution in [-0.2, 0) is 11.4 Å². The number of hydrogen-bond donors (Lipinski definition) is 2. The maximum atomic E-state index is 12.2. The van der Waals surface area contributed by atoms with E-state index in [1.54, 1.807) is 11.6 Å². The first-order valence-electron chi connectivity index (χ1n) is 8.58. The Labute approximate surface area is 156 Å². The van der Waals surface area contributed by atoms with Crippen LogP contribution in [-0.4, -0.2) is 20.7 Å². The van der Waals surface area contributed by atoms with Gasteiger partial charge < -0.3 is 15.8 Å². The van der Waals surface area contributed by atoms with E-state index in [2.05, 4.69) is 15.4 Å². The summed E-state index contributed by atoms with van der Waals surface area (Å²) in [6, 6.07) is 17.0. The molecule has 0 saturated carbocycles. The number of allylic oxidation sites excluding steroid dienone is 1. The number of primary amides is 1. The maximum Gasteiger partial charge on any atom is 0.248 e. The number of ether oxygens (including phenoxy) is 1. The number of nitrogens with two attached hydrogens (primary N) is 1. The number of nitrogens with zero attached hydrogens (tertiary/aromatic N) is 3. The second kappa shape index (κ2) is 6.95. The normalized spacial score (nSPS) is 15.8. The van der Waals surface area contributed by atoms with Crippen LogP contribution in [0, 0.1) is 0 Å². The van der Waals surface area contributed by atoms with Crippen molar-refractivity contribution < 1.29 is 9.53 Å². The molecule has 3 aromatic rings. The Morgan fingerprint density at radius 1 is 1.19 bits per heavy atom. The fourth-order valence-electron chi connectivity index (χ4n) is 3.27. The number of hydrogen-bond acceptors (Lipinski definition) is 5. The lowest BCUT2D eigenvalue weighted by Crippen LogP contribution is -2.32. The fraction of sp³-hybridized carbons (Fsp3) is 0.150. The minimum Gasteiger partial charge on any atom is -0.489 e. The van der Waals surface area contributed by atoms with Gasteiger partial charge in [0, 0.05) is 11.3 Å². The molecule has 2 aromatic carbocycles. The zero-order chi connectivity index (χ0) is 18.8. The van der Waals surface area contributed by atoms with Gasteiger partial charge in [-0.25, -0.2) is 4.68 Å². The average Bonchev–Trinajstić information content (AvgIpc) is 3.14. The fourth-order valence-corrected chi connectivity index (χ4v) is 3.27. The van der Waals surface area contributed by atoms with E-state index in [0.717, 1.165) is 11.1 Å². The Morgan fingerprint density at radius 2 is 1.93 bits per heavy atom. The molecule has 27 heavy (non-hydrogen) atoms.